The van der Waals surface area contributed by atoms with E-state index in [4.69, 9.17) is 9.26 Å². The lowest BCUT2D eigenvalue weighted by Gasteiger charge is -2.43. The first-order valence-electron chi connectivity index (χ1n) is 11.4. The first kappa shape index (κ1) is 22.4. The van der Waals surface area contributed by atoms with Crippen LogP contribution in [0.2, 0.25) is 0 Å². The van der Waals surface area contributed by atoms with Gasteiger partial charge in [0, 0.05) is 29.0 Å². The minimum absolute atomic E-state index is 0.114. The van der Waals surface area contributed by atoms with E-state index in [1.165, 1.54) is 6.26 Å². The number of carbonyl (C=O) groups is 2. The molecule has 0 saturated heterocycles. The van der Waals surface area contributed by atoms with Gasteiger partial charge in [-0.3, -0.25) is 14.5 Å². The van der Waals surface area contributed by atoms with E-state index in [-0.39, 0.29) is 29.6 Å². The number of nitrogens with zero attached hydrogens (tertiary/aromatic N) is 3. The number of hydrogen-bond acceptors (Lipinski definition) is 5. The molecule has 176 valence electrons. The quantitative estimate of drug-likeness (QED) is 0.387. The summed E-state index contributed by atoms with van der Waals surface area (Å²) in [4.78, 5) is 30.9. The third-order valence-electron chi connectivity index (χ3n) is 6.32. The molecule has 0 unspecified atom stereocenters. The van der Waals surface area contributed by atoms with Crippen LogP contribution in [-0.2, 0) is 0 Å². The highest BCUT2D eigenvalue weighted by atomic mass is 16.5. The Morgan fingerprint density at radius 1 is 1.00 bits per heavy atom. The van der Waals surface area contributed by atoms with E-state index in [9.17, 15) is 9.59 Å². The Hall–Kier alpha value is -4.39. The molecule has 7 nitrogen and oxygen atoms in total. The Labute approximate surface area is 203 Å². The summed E-state index contributed by atoms with van der Waals surface area (Å²) >= 11 is 0. The van der Waals surface area contributed by atoms with Gasteiger partial charge in [0.15, 0.2) is 5.69 Å². The number of anilines is 2. The second-order valence-electron chi connectivity index (χ2n) is 8.46. The zero-order valence-electron chi connectivity index (χ0n) is 19.5. The van der Waals surface area contributed by atoms with Crippen molar-refractivity contribution in [2.45, 2.75) is 25.4 Å². The van der Waals surface area contributed by atoms with E-state index in [0.29, 0.717) is 17.7 Å². The van der Waals surface area contributed by atoms with Crippen LogP contribution in [0.25, 0.3) is 0 Å². The second-order valence-corrected chi connectivity index (χ2v) is 8.46. The Morgan fingerprint density at radius 2 is 1.77 bits per heavy atom. The lowest BCUT2D eigenvalue weighted by Crippen LogP contribution is -2.48. The predicted octanol–water partition coefficient (Wildman–Crippen LogP) is 5.51. The number of benzene rings is 3. The maximum absolute atomic E-state index is 13.7. The maximum Gasteiger partial charge on any atom is 0.281 e. The minimum atomic E-state index is -0.304. The van der Waals surface area contributed by atoms with Gasteiger partial charge in [-0.25, -0.2) is 0 Å². The van der Waals surface area contributed by atoms with E-state index in [1.54, 1.807) is 30.2 Å². The van der Waals surface area contributed by atoms with Crippen LogP contribution < -0.4 is 14.5 Å². The molecule has 0 aliphatic carbocycles. The fraction of sp³-hybridized carbons (Fsp3) is 0.179. The summed E-state index contributed by atoms with van der Waals surface area (Å²) in [6, 6.07) is 25.5. The Kier molecular flexibility index (Phi) is 6.06. The van der Waals surface area contributed by atoms with Gasteiger partial charge in [0.1, 0.15) is 12.0 Å². The zero-order valence-corrected chi connectivity index (χ0v) is 19.5. The summed E-state index contributed by atoms with van der Waals surface area (Å²) in [7, 11) is 1.58. The van der Waals surface area contributed by atoms with E-state index in [2.05, 4.69) is 5.16 Å². The van der Waals surface area contributed by atoms with Gasteiger partial charge >= 0.3 is 0 Å². The van der Waals surface area contributed by atoms with Gasteiger partial charge in [-0.05, 0) is 55.3 Å². The molecule has 2 amide bonds. The van der Waals surface area contributed by atoms with Crippen LogP contribution in [0.1, 0.15) is 45.8 Å². The molecule has 5 rings (SSSR count). The van der Waals surface area contributed by atoms with Gasteiger partial charge in [-0.15, -0.1) is 0 Å². The van der Waals surface area contributed by atoms with Crippen molar-refractivity contribution in [3.63, 3.8) is 0 Å². The summed E-state index contributed by atoms with van der Waals surface area (Å²) in [6.07, 6.45) is 1.94. The number of para-hydroxylation sites is 2. The normalized spacial score (nSPS) is 16.9. The molecule has 2 atom stereocenters. The van der Waals surface area contributed by atoms with Crippen molar-refractivity contribution < 1.29 is 18.8 Å². The van der Waals surface area contributed by atoms with Gasteiger partial charge in [-0.2, -0.15) is 0 Å². The summed E-state index contributed by atoms with van der Waals surface area (Å²) in [6.45, 7) is 2.00. The van der Waals surface area contributed by atoms with E-state index in [0.717, 1.165) is 16.9 Å². The number of fused-ring (bicyclic) bond motifs is 1. The zero-order chi connectivity index (χ0) is 24.4. The molecule has 1 aliphatic rings. The molecule has 1 aliphatic heterocycles. The smallest absolute Gasteiger partial charge is 0.281 e. The molecule has 0 fully saturated rings. The number of ether oxygens (including phenoxy) is 1. The average Bonchev–Trinajstić information content (AvgIpc) is 3.44. The Balaban J connectivity index is 1.59. The molecule has 4 aromatic rings. The molecule has 0 saturated carbocycles. The summed E-state index contributed by atoms with van der Waals surface area (Å²) in [5.74, 6) is 0.251. The predicted molar refractivity (Wildman–Crippen MR) is 133 cm³/mol. The number of carbonyl (C=O) groups excluding carboxylic acids is 2. The van der Waals surface area contributed by atoms with Crippen LogP contribution in [0.3, 0.4) is 0 Å². The van der Waals surface area contributed by atoms with Crippen LogP contribution in [0.5, 0.6) is 5.75 Å². The van der Waals surface area contributed by atoms with E-state index >= 15 is 0 Å². The molecular formula is C28H25N3O4. The maximum atomic E-state index is 13.7. The summed E-state index contributed by atoms with van der Waals surface area (Å²) in [5.41, 5.74) is 3.19. The van der Waals surface area contributed by atoms with Crippen molar-refractivity contribution in [3.8, 4) is 5.75 Å². The Bertz CT molecular complexity index is 1340. The molecule has 35 heavy (non-hydrogen) atoms. The van der Waals surface area contributed by atoms with Gasteiger partial charge in [-0.1, -0.05) is 47.6 Å². The van der Waals surface area contributed by atoms with E-state index in [1.807, 2.05) is 78.6 Å². The van der Waals surface area contributed by atoms with Crippen LogP contribution in [0.15, 0.2) is 95.7 Å². The van der Waals surface area contributed by atoms with Crippen molar-refractivity contribution >= 4 is 23.2 Å². The number of aromatic nitrogens is 1. The topological polar surface area (TPSA) is 75.9 Å². The van der Waals surface area contributed by atoms with Crippen molar-refractivity contribution in [1.82, 2.24) is 5.16 Å². The van der Waals surface area contributed by atoms with Gasteiger partial charge in [0.25, 0.3) is 11.8 Å². The molecule has 0 bridgehead atoms. The first-order chi connectivity index (χ1) is 17.1. The molecule has 2 heterocycles. The lowest BCUT2D eigenvalue weighted by atomic mass is 9.89. The van der Waals surface area contributed by atoms with Crippen molar-refractivity contribution in [2.75, 3.05) is 16.9 Å². The SMILES string of the molecule is COc1cccc(C(=O)N2c3ccccc3[C@H](N(C(=O)c3ccon3)c3ccccc3)C[C@@H]2C)c1. The molecular weight excluding hydrogens is 442 g/mol. The molecule has 0 N–H and O–H groups in total. The third kappa shape index (κ3) is 4.17. The van der Waals surface area contributed by atoms with Crippen molar-refractivity contribution in [2.24, 2.45) is 0 Å². The first-order valence-corrected chi connectivity index (χ1v) is 11.4. The highest BCUT2D eigenvalue weighted by Crippen LogP contribution is 2.43. The van der Waals surface area contributed by atoms with Crippen LogP contribution in [-0.4, -0.2) is 30.1 Å². The van der Waals surface area contributed by atoms with Crippen LogP contribution in [0.4, 0.5) is 11.4 Å². The molecule has 3 aromatic carbocycles. The molecule has 0 spiro atoms. The number of amides is 2. The summed E-state index contributed by atoms with van der Waals surface area (Å²) < 4.78 is 10.3. The van der Waals surface area contributed by atoms with Gasteiger partial charge in [0.05, 0.1) is 13.2 Å². The molecule has 1 aromatic heterocycles. The van der Waals surface area contributed by atoms with Crippen molar-refractivity contribution in [1.29, 1.82) is 0 Å². The van der Waals surface area contributed by atoms with Crippen LogP contribution in [0, 0.1) is 0 Å². The standard InChI is InChI=1S/C28H25N3O4/c1-19-17-26(31(21-10-4-3-5-11-21)28(33)24-15-16-35-29-24)23-13-6-7-14-25(23)30(19)27(32)20-9-8-12-22(18-20)34-2/h3-16,18-19,26H,17H2,1-2H3/t19-,26+/m0/s1. The van der Waals surface area contributed by atoms with Crippen molar-refractivity contribution in [3.05, 3.63) is 108 Å². The molecule has 0 radical (unpaired) electrons. The minimum Gasteiger partial charge on any atom is -0.497 e. The lowest BCUT2D eigenvalue weighted by molar-refractivity contribution is 0.0960. The van der Waals surface area contributed by atoms with Crippen LogP contribution >= 0.6 is 0 Å². The number of methoxy groups -OCH3 is 1. The number of hydrogen-bond donors (Lipinski definition) is 0. The average molecular weight is 468 g/mol. The highest BCUT2D eigenvalue weighted by Gasteiger charge is 2.39. The third-order valence-corrected chi connectivity index (χ3v) is 6.32. The largest absolute Gasteiger partial charge is 0.497 e. The number of rotatable bonds is 5. The van der Waals surface area contributed by atoms with Gasteiger partial charge in [0.2, 0.25) is 0 Å². The monoisotopic (exact) mass is 467 g/mol. The molecule has 7 heteroatoms. The fourth-order valence-electron chi connectivity index (χ4n) is 4.70. The second kappa shape index (κ2) is 9.46. The Morgan fingerprint density at radius 3 is 2.51 bits per heavy atom. The fourth-order valence-corrected chi connectivity index (χ4v) is 4.70. The highest BCUT2D eigenvalue weighted by molar-refractivity contribution is 6.09. The van der Waals surface area contributed by atoms with E-state index < -0.39 is 0 Å². The van der Waals surface area contributed by atoms with Gasteiger partial charge < -0.3 is 14.2 Å². The summed E-state index contributed by atoms with van der Waals surface area (Å²) in [5, 5.41) is 3.89.